The van der Waals surface area contributed by atoms with Gasteiger partial charge in [-0.2, -0.15) is 0 Å². The van der Waals surface area contributed by atoms with Crippen molar-refractivity contribution in [1.29, 1.82) is 0 Å². The van der Waals surface area contributed by atoms with Crippen LogP contribution in [-0.2, 0) is 21.4 Å². The van der Waals surface area contributed by atoms with Crippen LogP contribution in [0.4, 0.5) is 0 Å². The van der Waals surface area contributed by atoms with Gasteiger partial charge in [-0.25, -0.2) is 0 Å². The van der Waals surface area contributed by atoms with Gasteiger partial charge in [0.2, 0.25) is 0 Å². The van der Waals surface area contributed by atoms with E-state index in [1.54, 1.807) is 11.4 Å². The van der Waals surface area contributed by atoms with E-state index in [0.29, 0.717) is 0 Å². The summed E-state index contributed by atoms with van der Waals surface area (Å²) in [6.07, 6.45) is 0. The summed E-state index contributed by atoms with van der Waals surface area (Å²) in [5, 5.41) is 0. The van der Waals surface area contributed by atoms with Gasteiger partial charge >= 0.3 is 116 Å². The molecule has 0 aliphatic carbocycles. The van der Waals surface area contributed by atoms with Crippen molar-refractivity contribution in [3.8, 4) is 0 Å². The zero-order valence-corrected chi connectivity index (χ0v) is 18.0. The molecule has 0 aliphatic rings. The third-order valence-electron chi connectivity index (χ3n) is 2.70. The van der Waals surface area contributed by atoms with Crippen molar-refractivity contribution in [3.63, 3.8) is 0 Å². The van der Waals surface area contributed by atoms with Crippen LogP contribution in [0, 0.1) is 0 Å². The van der Waals surface area contributed by atoms with Gasteiger partial charge in [0.05, 0.1) is 0 Å². The molecule has 0 aromatic heterocycles. The molecule has 0 aromatic rings. The summed E-state index contributed by atoms with van der Waals surface area (Å²) in [5.41, 5.74) is 0. The number of hydrogen-bond donors (Lipinski definition) is 0. The van der Waals surface area contributed by atoms with Crippen molar-refractivity contribution < 1.29 is 21.4 Å². The van der Waals surface area contributed by atoms with Crippen LogP contribution >= 0.6 is 0 Å². The van der Waals surface area contributed by atoms with E-state index in [-0.39, 0.29) is 0 Å². The normalized spacial score (nSPS) is 14.1. The molecule has 0 bridgehead atoms. The van der Waals surface area contributed by atoms with Crippen molar-refractivity contribution >= 4 is 24.2 Å². The van der Waals surface area contributed by atoms with Gasteiger partial charge in [-0.3, -0.25) is 0 Å². The van der Waals surface area contributed by atoms with Crippen molar-refractivity contribution in [3.05, 3.63) is 0 Å². The average molecular weight is 307 g/mol. The molecule has 0 saturated carbocycles. The van der Waals surface area contributed by atoms with Crippen molar-refractivity contribution in [1.82, 2.24) is 0 Å². The van der Waals surface area contributed by atoms with Crippen LogP contribution < -0.4 is 0 Å². The zero-order chi connectivity index (χ0) is 13.2. The molecule has 0 aromatic carbocycles. The molecule has 0 aliphatic heterocycles. The van der Waals surface area contributed by atoms with E-state index in [9.17, 15) is 0 Å². The summed E-state index contributed by atoms with van der Waals surface area (Å²) < 4.78 is 5.23. The molecule has 0 unspecified atom stereocenters. The molecule has 0 spiro atoms. The Morgan fingerprint density at radius 3 is 0.812 bits per heavy atom. The van der Waals surface area contributed by atoms with Crippen LogP contribution in [0.15, 0.2) is 0 Å². The third-order valence-corrected chi connectivity index (χ3v) is 33.4. The van der Waals surface area contributed by atoms with Crippen molar-refractivity contribution in [2.24, 2.45) is 0 Å². The molecule has 0 atom stereocenters. The van der Waals surface area contributed by atoms with Crippen LogP contribution in [0.25, 0.3) is 0 Å². The summed E-state index contributed by atoms with van der Waals surface area (Å²) >= 11 is -0.938. The van der Waals surface area contributed by atoms with Crippen LogP contribution in [0.2, 0.25) is 70.3 Å². The van der Waals surface area contributed by atoms with Gasteiger partial charge in [-0.05, 0) is 0 Å². The molecule has 0 amide bonds. The monoisotopic (exact) mass is 306 g/mol. The Labute approximate surface area is 115 Å². The molecule has 0 saturated heterocycles. The van der Waals surface area contributed by atoms with Crippen molar-refractivity contribution in [2.75, 3.05) is 0 Å². The predicted octanol–water partition coefficient (Wildman–Crippen LogP) is 5.49. The quantitative estimate of drug-likeness (QED) is 0.569. The second kappa shape index (κ2) is 6.11. The Bertz CT molecular complexity index is 170. The fourth-order valence-corrected chi connectivity index (χ4v) is 40.2. The summed E-state index contributed by atoms with van der Waals surface area (Å²) in [7, 11) is -2.38. The van der Waals surface area contributed by atoms with E-state index in [2.05, 4.69) is 58.9 Å². The van der Waals surface area contributed by atoms with Crippen molar-refractivity contribution in [2.45, 2.75) is 70.3 Å². The summed E-state index contributed by atoms with van der Waals surface area (Å²) in [4.78, 5) is 0. The molecule has 0 radical (unpaired) electrons. The topological polar surface area (TPSA) is 0 Å². The molecular weight excluding hydrogens is 273 g/mol. The van der Waals surface area contributed by atoms with E-state index in [1.807, 2.05) is 0 Å². The van der Waals surface area contributed by atoms with E-state index >= 15 is 0 Å². The van der Waals surface area contributed by atoms with Gasteiger partial charge in [0, 0.05) is 0 Å². The fraction of sp³-hybridized carbons (Fsp3) is 1.00. The molecule has 0 N–H and O–H groups in total. The molecule has 0 heterocycles. The van der Waals surface area contributed by atoms with E-state index < -0.39 is 45.7 Å². The number of hydrogen-bond acceptors (Lipinski definition) is 0. The maximum atomic E-state index is 2.58. The van der Waals surface area contributed by atoms with Crippen LogP contribution in [0.5, 0.6) is 0 Å². The Balaban J connectivity index is 4.53. The van der Waals surface area contributed by atoms with E-state index in [0.717, 1.165) is 0 Å². The zero-order valence-electron chi connectivity index (χ0n) is 13.2. The molecule has 0 fully saturated rings. The molecular formula is C12H33ScSi3. The first kappa shape index (κ1) is 17.5. The summed E-state index contributed by atoms with van der Waals surface area (Å²) in [5.74, 6) is 0. The van der Waals surface area contributed by atoms with Crippen LogP contribution in [0.3, 0.4) is 0 Å². The standard InChI is InChI=1S/3C4H11Si.Sc/c3*1-5(2,3)4;/h3*1H2,2-4H3;. The first-order valence-corrected chi connectivity index (χ1v) is 21.7. The van der Waals surface area contributed by atoms with Crippen LogP contribution in [0.1, 0.15) is 0 Å². The maximum absolute atomic E-state index is 2.58. The Morgan fingerprint density at radius 2 is 0.688 bits per heavy atom. The van der Waals surface area contributed by atoms with Crippen LogP contribution in [-0.4, -0.2) is 24.2 Å². The summed E-state index contributed by atoms with van der Waals surface area (Å²) in [6.45, 7) is 23.2. The average Bonchev–Trinajstić information content (AvgIpc) is 1.70. The number of rotatable bonds is 6. The van der Waals surface area contributed by atoms with E-state index in [4.69, 9.17) is 0 Å². The van der Waals surface area contributed by atoms with Gasteiger partial charge in [0.15, 0.2) is 0 Å². The molecule has 4 heteroatoms. The Kier molecular flexibility index (Phi) is 6.69. The third kappa shape index (κ3) is 12.0. The fourth-order valence-electron chi connectivity index (χ4n) is 2.81. The second-order valence-corrected chi connectivity index (χ2v) is 34.2. The SMILES string of the molecule is C[Si](C)(C)[CH2][Sc]([CH2][Si](C)(C)C)[CH2][Si](C)(C)C. The van der Waals surface area contributed by atoms with Gasteiger partial charge in [-0.1, -0.05) is 0 Å². The minimum absolute atomic E-state index is 0.792. The first-order chi connectivity index (χ1) is 6.79. The molecule has 16 heavy (non-hydrogen) atoms. The molecule has 0 rings (SSSR count). The van der Waals surface area contributed by atoms with Gasteiger partial charge in [-0.15, -0.1) is 0 Å². The van der Waals surface area contributed by atoms with E-state index in [1.165, 1.54) is 0 Å². The predicted molar refractivity (Wildman–Crippen MR) is 84.5 cm³/mol. The Hall–Kier alpha value is 1.52. The molecule has 0 nitrogen and oxygen atoms in total. The molecule has 96 valence electrons. The van der Waals surface area contributed by atoms with Gasteiger partial charge in [0.1, 0.15) is 0 Å². The second-order valence-electron chi connectivity index (χ2n) is 9.16. The summed E-state index contributed by atoms with van der Waals surface area (Å²) in [6, 6.07) is 0. The van der Waals surface area contributed by atoms with Gasteiger partial charge < -0.3 is 0 Å². The van der Waals surface area contributed by atoms with Gasteiger partial charge in [0.25, 0.3) is 0 Å². The Morgan fingerprint density at radius 1 is 0.500 bits per heavy atom. The first-order valence-electron chi connectivity index (χ1n) is 6.79. The minimum atomic E-state index is -0.938.